The molecule has 1 aliphatic carbocycles. The Morgan fingerprint density at radius 1 is 1.07 bits per heavy atom. The highest BCUT2D eigenvalue weighted by atomic mass is 35.5. The zero-order valence-electron chi connectivity index (χ0n) is 16.2. The molecule has 0 radical (unpaired) electrons. The van der Waals surface area contributed by atoms with Crippen LogP contribution in [0.25, 0.3) is 0 Å². The van der Waals surface area contributed by atoms with Gasteiger partial charge in [0.05, 0.1) is 17.5 Å². The predicted molar refractivity (Wildman–Crippen MR) is 113 cm³/mol. The van der Waals surface area contributed by atoms with Crippen molar-refractivity contribution in [1.29, 1.82) is 0 Å². The first kappa shape index (κ1) is 19.4. The van der Waals surface area contributed by atoms with E-state index >= 15 is 0 Å². The van der Waals surface area contributed by atoms with Gasteiger partial charge in [-0.1, -0.05) is 35.4 Å². The summed E-state index contributed by atoms with van der Waals surface area (Å²) in [4.78, 5) is 39.8. The van der Waals surface area contributed by atoms with Crippen molar-refractivity contribution in [1.82, 2.24) is 0 Å². The summed E-state index contributed by atoms with van der Waals surface area (Å²) in [7, 11) is 0. The van der Waals surface area contributed by atoms with E-state index in [-0.39, 0.29) is 29.6 Å². The van der Waals surface area contributed by atoms with Gasteiger partial charge in [-0.2, -0.15) is 0 Å². The maximum Gasteiger partial charge on any atom is 0.255 e. The maximum absolute atomic E-state index is 12.9. The van der Waals surface area contributed by atoms with E-state index in [1.54, 1.807) is 42.5 Å². The molecule has 148 valence electrons. The normalized spacial score (nSPS) is 21.1. The van der Waals surface area contributed by atoms with Crippen molar-refractivity contribution < 1.29 is 14.4 Å². The second-order valence-corrected chi connectivity index (χ2v) is 8.04. The van der Waals surface area contributed by atoms with Gasteiger partial charge >= 0.3 is 0 Å². The monoisotopic (exact) mass is 408 g/mol. The van der Waals surface area contributed by atoms with Crippen molar-refractivity contribution in [3.8, 4) is 0 Å². The lowest BCUT2D eigenvalue weighted by molar-refractivity contribution is -0.122. The highest BCUT2D eigenvalue weighted by molar-refractivity contribution is 6.31. The van der Waals surface area contributed by atoms with E-state index in [9.17, 15) is 14.4 Å². The molecule has 4 rings (SSSR count). The number of carbonyl (C=O) groups is 3. The Kier molecular flexibility index (Phi) is 5.01. The molecule has 3 amide bonds. The molecule has 2 aromatic carbocycles. The van der Waals surface area contributed by atoms with Crippen molar-refractivity contribution >= 4 is 40.7 Å². The highest BCUT2D eigenvalue weighted by Gasteiger charge is 2.48. The van der Waals surface area contributed by atoms with Gasteiger partial charge in [-0.15, -0.1) is 0 Å². The molecular formula is C23H21ClN2O3. The summed E-state index contributed by atoms with van der Waals surface area (Å²) in [5, 5.41) is 3.41. The quantitative estimate of drug-likeness (QED) is 0.588. The molecule has 5 nitrogen and oxygen atoms in total. The Morgan fingerprint density at radius 3 is 2.59 bits per heavy atom. The Morgan fingerprint density at radius 2 is 1.79 bits per heavy atom. The number of carbonyl (C=O) groups excluding carboxylic acids is 3. The Labute approximate surface area is 174 Å². The number of allylic oxidation sites excluding steroid dienone is 2. The van der Waals surface area contributed by atoms with E-state index in [1.807, 2.05) is 19.9 Å². The molecular weight excluding hydrogens is 388 g/mol. The number of hydrogen-bond acceptors (Lipinski definition) is 3. The number of imide groups is 1. The van der Waals surface area contributed by atoms with Gasteiger partial charge in [0, 0.05) is 16.3 Å². The number of anilines is 2. The maximum atomic E-state index is 12.9. The van der Waals surface area contributed by atoms with Crippen LogP contribution in [0.1, 0.15) is 35.7 Å². The summed E-state index contributed by atoms with van der Waals surface area (Å²) in [5.74, 6) is -1.31. The van der Waals surface area contributed by atoms with Crippen LogP contribution in [0.2, 0.25) is 5.02 Å². The molecule has 6 heteroatoms. The lowest BCUT2D eigenvalue weighted by Crippen LogP contribution is -2.31. The molecule has 1 heterocycles. The molecule has 1 aliphatic heterocycles. The topological polar surface area (TPSA) is 66.5 Å². The number of halogens is 1. The van der Waals surface area contributed by atoms with Crippen molar-refractivity contribution in [2.24, 2.45) is 11.8 Å². The second kappa shape index (κ2) is 7.48. The summed E-state index contributed by atoms with van der Waals surface area (Å²) in [6.45, 7) is 3.81. The van der Waals surface area contributed by atoms with Crippen molar-refractivity contribution in [3.63, 3.8) is 0 Å². The lowest BCUT2D eigenvalue weighted by Gasteiger charge is -2.18. The first-order valence-electron chi connectivity index (χ1n) is 9.57. The number of benzene rings is 2. The van der Waals surface area contributed by atoms with Gasteiger partial charge in [0.25, 0.3) is 5.91 Å². The van der Waals surface area contributed by atoms with Crippen LogP contribution in [0.3, 0.4) is 0 Å². The fourth-order valence-corrected chi connectivity index (χ4v) is 4.19. The minimum Gasteiger partial charge on any atom is -0.322 e. The van der Waals surface area contributed by atoms with Gasteiger partial charge < -0.3 is 5.32 Å². The summed E-state index contributed by atoms with van der Waals surface area (Å²) in [6, 6.07) is 11.9. The standard InChI is InChI=1S/C23H21ClN2O3/c1-13-9-10-17-18(11-13)23(29)26(22(17)28)16-6-3-5-15(12-16)21(27)25-20-8-4-7-19(24)14(20)2/h3-9,12,17-18H,10-11H2,1-2H3,(H,25,27)/t17-,18-/m1/s1. The zero-order valence-corrected chi connectivity index (χ0v) is 17.0. The first-order chi connectivity index (χ1) is 13.9. The summed E-state index contributed by atoms with van der Waals surface area (Å²) in [6.07, 6.45) is 3.23. The van der Waals surface area contributed by atoms with Crippen LogP contribution < -0.4 is 10.2 Å². The third-order valence-electron chi connectivity index (χ3n) is 5.71. The fourth-order valence-electron chi connectivity index (χ4n) is 4.02. The molecule has 29 heavy (non-hydrogen) atoms. The van der Waals surface area contributed by atoms with Crippen LogP contribution in [0.4, 0.5) is 11.4 Å². The van der Waals surface area contributed by atoms with Gasteiger partial charge in [0.1, 0.15) is 0 Å². The van der Waals surface area contributed by atoms with Crippen molar-refractivity contribution in [2.75, 3.05) is 10.2 Å². The summed E-state index contributed by atoms with van der Waals surface area (Å²) in [5.41, 5.74) is 3.33. The number of hydrogen-bond donors (Lipinski definition) is 1. The van der Waals surface area contributed by atoms with Gasteiger partial charge in [0.2, 0.25) is 11.8 Å². The third kappa shape index (κ3) is 3.47. The van der Waals surface area contributed by atoms with Crippen LogP contribution >= 0.6 is 11.6 Å². The summed E-state index contributed by atoms with van der Waals surface area (Å²) < 4.78 is 0. The minimum atomic E-state index is -0.328. The molecule has 2 aliphatic rings. The minimum absolute atomic E-state index is 0.185. The third-order valence-corrected chi connectivity index (χ3v) is 6.11. The molecule has 2 aromatic rings. The van der Waals surface area contributed by atoms with Crippen molar-refractivity contribution in [2.45, 2.75) is 26.7 Å². The van der Waals surface area contributed by atoms with E-state index in [0.29, 0.717) is 34.8 Å². The number of nitrogens with one attached hydrogen (secondary N) is 1. The van der Waals surface area contributed by atoms with Gasteiger partial charge in [-0.25, -0.2) is 0 Å². The molecule has 0 unspecified atom stereocenters. The zero-order chi connectivity index (χ0) is 20.7. The predicted octanol–water partition coefficient (Wildman–Crippen LogP) is 4.75. The fraction of sp³-hybridized carbons (Fsp3) is 0.261. The average Bonchev–Trinajstić information content (AvgIpc) is 2.95. The van der Waals surface area contributed by atoms with Gasteiger partial charge in [-0.05, 0) is 62.6 Å². The number of nitrogens with zero attached hydrogens (tertiary/aromatic N) is 1. The van der Waals surface area contributed by atoms with E-state index in [1.165, 1.54) is 4.90 Å². The molecule has 2 atom stereocenters. The largest absolute Gasteiger partial charge is 0.322 e. The van der Waals surface area contributed by atoms with Crippen LogP contribution in [-0.4, -0.2) is 17.7 Å². The smallest absolute Gasteiger partial charge is 0.255 e. The number of amides is 3. The van der Waals surface area contributed by atoms with Gasteiger partial charge in [0.15, 0.2) is 0 Å². The van der Waals surface area contributed by atoms with E-state index in [0.717, 1.165) is 11.1 Å². The Hall–Kier alpha value is -2.92. The van der Waals surface area contributed by atoms with Crippen LogP contribution in [0.15, 0.2) is 54.1 Å². The first-order valence-corrected chi connectivity index (χ1v) is 9.94. The lowest BCUT2D eigenvalue weighted by atomic mass is 9.82. The number of rotatable bonds is 3. The van der Waals surface area contributed by atoms with Crippen LogP contribution in [-0.2, 0) is 9.59 Å². The molecule has 1 fully saturated rings. The van der Waals surface area contributed by atoms with Gasteiger partial charge in [-0.3, -0.25) is 19.3 Å². The Balaban J connectivity index is 1.59. The molecule has 0 saturated carbocycles. The molecule has 0 spiro atoms. The van der Waals surface area contributed by atoms with Crippen LogP contribution in [0.5, 0.6) is 0 Å². The SMILES string of the molecule is CC1=CC[C@H]2C(=O)N(c3cccc(C(=O)Nc4cccc(Cl)c4C)c3)C(=O)[C@@H]2C1. The molecule has 0 bridgehead atoms. The number of fused-ring (bicyclic) bond motifs is 1. The molecule has 1 saturated heterocycles. The second-order valence-electron chi connectivity index (χ2n) is 7.63. The molecule has 0 aromatic heterocycles. The highest BCUT2D eigenvalue weighted by Crippen LogP contribution is 2.39. The van der Waals surface area contributed by atoms with Crippen molar-refractivity contribution in [3.05, 3.63) is 70.3 Å². The van der Waals surface area contributed by atoms with E-state index < -0.39 is 0 Å². The van der Waals surface area contributed by atoms with E-state index in [4.69, 9.17) is 11.6 Å². The average molecular weight is 409 g/mol. The van der Waals surface area contributed by atoms with E-state index in [2.05, 4.69) is 5.32 Å². The van der Waals surface area contributed by atoms with Crippen LogP contribution in [0, 0.1) is 18.8 Å². The summed E-state index contributed by atoms with van der Waals surface area (Å²) >= 11 is 6.12. The molecule has 1 N–H and O–H groups in total. The Bertz CT molecular complexity index is 1060.